The third-order valence-corrected chi connectivity index (χ3v) is 7.37. The highest BCUT2D eigenvalue weighted by molar-refractivity contribution is 5.95. The molecule has 0 spiro atoms. The van der Waals surface area contributed by atoms with Crippen LogP contribution in [0.1, 0.15) is 29.7 Å². The van der Waals surface area contributed by atoms with Gasteiger partial charge in [-0.1, -0.05) is 30.3 Å². The van der Waals surface area contributed by atoms with Crippen LogP contribution in [0.5, 0.6) is 5.75 Å². The van der Waals surface area contributed by atoms with Gasteiger partial charge in [0, 0.05) is 48.3 Å². The summed E-state index contributed by atoms with van der Waals surface area (Å²) in [5, 5.41) is 27.8. The molecule has 46 heavy (non-hydrogen) atoms. The first-order chi connectivity index (χ1) is 22.0. The minimum atomic E-state index is -1.37. The van der Waals surface area contributed by atoms with Crippen molar-refractivity contribution in [2.45, 2.75) is 56.3 Å². The number of phenols is 1. The predicted molar refractivity (Wildman–Crippen MR) is 166 cm³/mol. The largest absolute Gasteiger partial charge is 0.508 e. The topological polar surface area (TPSA) is 258 Å². The quantitative estimate of drug-likeness (QED) is 0.0788. The molecule has 4 aromatic rings. The van der Waals surface area contributed by atoms with E-state index < -0.39 is 53.8 Å². The second-order valence-electron chi connectivity index (χ2n) is 10.8. The minimum Gasteiger partial charge on any atom is -0.508 e. The molecule has 2 aromatic heterocycles. The van der Waals surface area contributed by atoms with Gasteiger partial charge in [0.15, 0.2) is 0 Å². The fourth-order valence-corrected chi connectivity index (χ4v) is 4.90. The Kier molecular flexibility index (Phi) is 11.1. The number of benzene rings is 2. The molecular formula is C31H36N8O7. The number of para-hydroxylation sites is 1. The van der Waals surface area contributed by atoms with Gasteiger partial charge in [-0.15, -0.1) is 0 Å². The summed E-state index contributed by atoms with van der Waals surface area (Å²) in [5.74, 6) is -4.31. The number of imidazole rings is 1. The van der Waals surface area contributed by atoms with Crippen LogP contribution in [0.3, 0.4) is 0 Å². The minimum absolute atomic E-state index is 0.00102. The molecule has 15 nitrogen and oxygen atoms in total. The fourth-order valence-electron chi connectivity index (χ4n) is 4.90. The van der Waals surface area contributed by atoms with Crippen LogP contribution in [0.4, 0.5) is 0 Å². The van der Waals surface area contributed by atoms with Crippen molar-refractivity contribution in [2.24, 2.45) is 11.5 Å². The molecule has 242 valence electrons. The average molecular weight is 633 g/mol. The Morgan fingerprint density at radius 2 is 1.50 bits per heavy atom. The molecule has 0 radical (unpaired) electrons. The zero-order valence-corrected chi connectivity index (χ0v) is 24.7. The predicted octanol–water partition coefficient (Wildman–Crippen LogP) is -0.244. The van der Waals surface area contributed by atoms with Crippen LogP contribution in [0.15, 0.2) is 67.3 Å². The number of carboxylic acid groups (broad SMARTS) is 1. The van der Waals surface area contributed by atoms with E-state index in [0.717, 1.165) is 16.5 Å². The number of aromatic amines is 2. The summed E-state index contributed by atoms with van der Waals surface area (Å²) in [6.45, 7) is 0. The van der Waals surface area contributed by atoms with Crippen molar-refractivity contribution in [3.8, 4) is 5.75 Å². The van der Waals surface area contributed by atoms with Crippen molar-refractivity contribution in [3.05, 3.63) is 84.1 Å². The smallest absolute Gasteiger partial charge is 0.326 e. The first-order valence-electron chi connectivity index (χ1n) is 14.5. The number of carbonyl (C=O) groups is 5. The van der Waals surface area contributed by atoms with E-state index in [2.05, 4.69) is 30.9 Å². The maximum Gasteiger partial charge on any atom is 0.326 e. The summed E-state index contributed by atoms with van der Waals surface area (Å²) < 4.78 is 0. The lowest BCUT2D eigenvalue weighted by molar-refractivity contribution is -0.142. The summed E-state index contributed by atoms with van der Waals surface area (Å²) in [6.07, 6.45) is 4.10. The molecule has 0 aliphatic rings. The standard InChI is InChI=1S/C31H36N8O7/c32-22(12-18-14-35-23-4-2-1-3-21(18)23)28(42)37-24(9-10-27(33)41)29(43)38-25(13-19-15-34-16-36-19)30(44)39-26(31(45)46)11-17-5-7-20(40)8-6-17/h1-8,14-16,22,24-26,35,40H,9-13,32H2,(H2,33,41)(H,34,36)(H,37,42)(H,38,43)(H,39,44)(H,45,46). The summed E-state index contributed by atoms with van der Waals surface area (Å²) in [4.78, 5) is 73.6. The number of hydrogen-bond acceptors (Lipinski definition) is 8. The van der Waals surface area contributed by atoms with Gasteiger partial charge in [-0.3, -0.25) is 19.2 Å². The molecule has 4 atom stereocenters. The third-order valence-electron chi connectivity index (χ3n) is 7.37. The average Bonchev–Trinajstić information content (AvgIpc) is 3.69. The number of nitrogens with one attached hydrogen (secondary N) is 5. The molecule has 0 saturated heterocycles. The molecule has 0 bridgehead atoms. The lowest BCUT2D eigenvalue weighted by Crippen LogP contribution is -2.58. The van der Waals surface area contributed by atoms with Crippen LogP contribution >= 0.6 is 0 Å². The summed E-state index contributed by atoms with van der Waals surface area (Å²) in [7, 11) is 0. The summed E-state index contributed by atoms with van der Waals surface area (Å²) in [5.41, 5.74) is 14.2. The Bertz CT molecular complexity index is 1670. The van der Waals surface area contributed by atoms with E-state index in [1.807, 2.05) is 24.3 Å². The van der Waals surface area contributed by atoms with Crippen LogP contribution < -0.4 is 27.4 Å². The van der Waals surface area contributed by atoms with E-state index in [-0.39, 0.29) is 37.9 Å². The number of carbonyl (C=O) groups excluding carboxylic acids is 4. The number of fused-ring (bicyclic) bond motifs is 1. The van der Waals surface area contributed by atoms with Crippen molar-refractivity contribution < 1.29 is 34.2 Å². The number of rotatable bonds is 16. The second kappa shape index (κ2) is 15.3. The molecule has 2 aromatic carbocycles. The van der Waals surface area contributed by atoms with E-state index in [1.165, 1.54) is 36.8 Å². The molecule has 0 saturated carbocycles. The van der Waals surface area contributed by atoms with Gasteiger partial charge in [0.1, 0.15) is 23.9 Å². The highest BCUT2D eigenvalue weighted by Crippen LogP contribution is 2.19. The molecular weight excluding hydrogens is 596 g/mol. The van der Waals surface area contributed by atoms with Crippen molar-refractivity contribution in [1.82, 2.24) is 30.9 Å². The van der Waals surface area contributed by atoms with Gasteiger partial charge in [0.2, 0.25) is 23.6 Å². The molecule has 11 N–H and O–H groups in total. The first kappa shape index (κ1) is 33.2. The van der Waals surface area contributed by atoms with E-state index in [4.69, 9.17) is 11.5 Å². The van der Waals surface area contributed by atoms with Crippen molar-refractivity contribution >= 4 is 40.5 Å². The van der Waals surface area contributed by atoms with Gasteiger partial charge in [-0.25, -0.2) is 9.78 Å². The number of hydrogen-bond donors (Lipinski definition) is 9. The van der Waals surface area contributed by atoms with E-state index >= 15 is 0 Å². The molecule has 0 aliphatic carbocycles. The Labute approximate surface area is 263 Å². The Hall–Kier alpha value is -5.70. The monoisotopic (exact) mass is 632 g/mol. The van der Waals surface area contributed by atoms with E-state index in [1.54, 1.807) is 6.20 Å². The number of carboxylic acids is 1. The Morgan fingerprint density at radius 1 is 0.826 bits per heavy atom. The van der Waals surface area contributed by atoms with Crippen LogP contribution in [0.2, 0.25) is 0 Å². The van der Waals surface area contributed by atoms with E-state index in [9.17, 15) is 34.2 Å². The van der Waals surface area contributed by atoms with Gasteiger partial charge in [-0.2, -0.15) is 0 Å². The van der Waals surface area contributed by atoms with Crippen LogP contribution in [0.25, 0.3) is 10.9 Å². The second-order valence-corrected chi connectivity index (χ2v) is 10.8. The van der Waals surface area contributed by atoms with E-state index in [0.29, 0.717) is 11.3 Å². The van der Waals surface area contributed by atoms with Gasteiger partial charge >= 0.3 is 5.97 Å². The molecule has 4 amide bonds. The molecule has 4 rings (SSSR count). The van der Waals surface area contributed by atoms with Gasteiger partial charge in [0.05, 0.1) is 12.4 Å². The molecule has 2 heterocycles. The third kappa shape index (κ3) is 9.15. The van der Waals surface area contributed by atoms with Crippen molar-refractivity contribution in [1.29, 1.82) is 0 Å². The number of aliphatic carboxylic acids is 1. The maximum absolute atomic E-state index is 13.5. The normalized spacial score (nSPS) is 13.7. The molecule has 15 heteroatoms. The van der Waals surface area contributed by atoms with Crippen molar-refractivity contribution in [2.75, 3.05) is 0 Å². The van der Waals surface area contributed by atoms with Gasteiger partial charge in [-0.05, 0) is 42.2 Å². The fraction of sp³-hybridized carbons (Fsp3) is 0.290. The number of aromatic nitrogens is 3. The number of nitrogens with two attached hydrogens (primary N) is 2. The first-order valence-corrected chi connectivity index (χ1v) is 14.5. The number of aromatic hydroxyl groups is 1. The number of H-pyrrole nitrogens is 2. The zero-order valence-electron chi connectivity index (χ0n) is 24.7. The lowest BCUT2D eigenvalue weighted by atomic mass is 10.0. The van der Waals surface area contributed by atoms with Gasteiger partial charge < -0.3 is 47.6 Å². The number of phenolic OH excluding ortho intramolecular Hbond substituents is 1. The Balaban J connectivity index is 1.48. The zero-order chi connectivity index (χ0) is 33.2. The van der Waals surface area contributed by atoms with Crippen molar-refractivity contribution in [3.63, 3.8) is 0 Å². The molecule has 4 unspecified atom stereocenters. The molecule has 0 aliphatic heterocycles. The SMILES string of the molecule is NC(=O)CCC(NC(=O)C(N)Cc1c[nH]c2ccccc12)C(=O)NC(Cc1cnc[nH]1)C(=O)NC(Cc1ccc(O)cc1)C(=O)O. The summed E-state index contributed by atoms with van der Waals surface area (Å²) in [6, 6.07) is 8.32. The van der Waals surface area contributed by atoms with Crippen LogP contribution in [0, 0.1) is 0 Å². The number of amides is 4. The highest BCUT2D eigenvalue weighted by Gasteiger charge is 2.31. The number of primary amides is 1. The van der Waals surface area contributed by atoms with Crippen LogP contribution in [-0.4, -0.2) is 78.9 Å². The Morgan fingerprint density at radius 3 is 2.17 bits per heavy atom. The highest BCUT2D eigenvalue weighted by atomic mass is 16.4. The van der Waals surface area contributed by atoms with Gasteiger partial charge in [0.25, 0.3) is 0 Å². The molecule has 0 fully saturated rings. The lowest BCUT2D eigenvalue weighted by Gasteiger charge is -2.25. The summed E-state index contributed by atoms with van der Waals surface area (Å²) >= 11 is 0. The number of nitrogens with zero attached hydrogens (tertiary/aromatic N) is 1. The van der Waals surface area contributed by atoms with Crippen LogP contribution in [-0.2, 0) is 43.2 Å². The maximum atomic E-state index is 13.5.